The summed E-state index contributed by atoms with van der Waals surface area (Å²) in [5.74, 6) is 0.0290. The molecule has 2 N–H and O–H groups in total. The van der Waals surface area contributed by atoms with Crippen molar-refractivity contribution in [3.63, 3.8) is 0 Å². The Morgan fingerprint density at radius 3 is 2.23 bits per heavy atom. The average molecular weight is 344 g/mol. The summed E-state index contributed by atoms with van der Waals surface area (Å²) in [4.78, 5) is 16.5. The lowest BCUT2D eigenvalue weighted by Gasteiger charge is -2.39. The van der Waals surface area contributed by atoms with E-state index in [0.29, 0.717) is 23.1 Å². The SMILES string of the molecule is CC(C)(C)[C@@H](N)C(=O)N1CCN(c2ccc(Cl)c(Cl)c2)CC1. The number of piperazine rings is 1. The molecule has 22 heavy (non-hydrogen) atoms. The molecule has 1 amide bonds. The molecule has 0 aromatic heterocycles. The molecule has 0 unspecified atom stereocenters. The van der Waals surface area contributed by atoms with Crippen molar-refractivity contribution >= 4 is 34.8 Å². The van der Waals surface area contributed by atoms with Crippen molar-refractivity contribution in [2.75, 3.05) is 31.1 Å². The fraction of sp³-hybridized carbons (Fsp3) is 0.562. The lowest BCUT2D eigenvalue weighted by Crippen LogP contribution is -2.56. The monoisotopic (exact) mass is 343 g/mol. The molecule has 1 aromatic rings. The van der Waals surface area contributed by atoms with E-state index in [1.807, 2.05) is 37.8 Å². The first-order chi connectivity index (χ1) is 10.2. The summed E-state index contributed by atoms with van der Waals surface area (Å²) in [6, 6.07) is 5.14. The normalized spacial score (nSPS) is 17.5. The van der Waals surface area contributed by atoms with Crippen molar-refractivity contribution < 1.29 is 4.79 Å². The molecule has 0 saturated carbocycles. The minimum Gasteiger partial charge on any atom is -0.368 e. The number of amides is 1. The van der Waals surface area contributed by atoms with Crippen LogP contribution in [-0.4, -0.2) is 43.0 Å². The molecule has 6 heteroatoms. The van der Waals surface area contributed by atoms with E-state index in [9.17, 15) is 4.79 Å². The van der Waals surface area contributed by atoms with Gasteiger partial charge in [0.15, 0.2) is 0 Å². The van der Waals surface area contributed by atoms with Gasteiger partial charge in [-0.2, -0.15) is 0 Å². The number of carbonyl (C=O) groups is 1. The Morgan fingerprint density at radius 2 is 1.73 bits per heavy atom. The number of rotatable bonds is 2. The molecule has 4 nitrogen and oxygen atoms in total. The zero-order chi connectivity index (χ0) is 16.5. The Labute approximate surface area is 142 Å². The van der Waals surface area contributed by atoms with Gasteiger partial charge in [0.2, 0.25) is 5.91 Å². The van der Waals surface area contributed by atoms with Crippen molar-refractivity contribution in [2.45, 2.75) is 26.8 Å². The van der Waals surface area contributed by atoms with E-state index in [1.165, 1.54) is 0 Å². The predicted molar refractivity (Wildman–Crippen MR) is 92.7 cm³/mol. The Balaban J connectivity index is 1.98. The van der Waals surface area contributed by atoms with Gasteiger partial charge in [-0.3, -0.25) is 4.79 Å². The van der Waals surface area contributed by atoms with Crippen LogP contribution in [0.15, 0.2) is 18.2 Å². The summed E-state index contributed by atoms with van der Waals surface area (Å²) < 4.78 is 0. The van der Waals surface area contributed by atoms with Gasteiger partial charge >= 0.3 is 0 Å². The number of anilines is 1. The molecule has 1 aromatic carbocycles. The van der Waals surface area contributed by atoms with Gasteiger partial charge in [-0.25, -0.2) is 0 Å². The van der Waals surface area contributed by atoms with Crippen LogP contribution < -0.4 is 10.6 Å². The molecule has 0 aliphatic carbocycles. The Morgan fingerprint density at radius 1 is 1.14 bits per heavy atom. The van der Waals surface area contributed by atoms with E-state index in [0.717, 1.165) is 18.8 Å². The summed E-state index contributed by atoms with van der Waals surface area (Å²) in [6.07, 6.45) is 0. The van der Waals surface area contributed by atoms with Gasteiger partial charge in [0.05, 0.1) is 16.1 Å². The molecule has 0 radical (unpaired) electrons. The molecular weight excluding hydrogens is 321 g/mol. The van der Waals surface area contributed by atoms with E-state index in [4.69, 9.17) is 28.9 Å². The van der Waals surface area contributed by atoms with E-state index < -0.39 is 6.04 Å². The van der Waals surface area contributed by atoms with Gasteiger partial charge in [-0.15, -0.1) is 0 Å². The van der Waals surface area contributed by atoms with Crippen LogP contribution in [0, 0.1) is 5.41 Å². The average Bonchev–Trinajstić information content (AvgIpc) is 2.48. The summed E-state index contributed by atoms with van der Waals surface area (Å²) in [5.41, 5.74) is 6.88. The topological polar surface area (TPSA) is 49.6 Å². The highest BCUT2D eigenvalue weighted by molar-refractivity contribution is 6.42. The van der Waals surface area contributed by atoms with Gasteiger partial charge in [-0.1, -0.05) is 44.0 Å². The molecule has 0 bridgehead atoms. The highest BCUT2D eigenvalue weighted by atomic mass is 35.5. The van der Waals surface area contributed by atoms with Crippen LogP contribution in [-0.2, 0) is 4.79 Å². The Hall–Kier alpha value is -0.970. The minimum absolute atomic E-state index is 0.0290. The summed E-state index contributed by atoms with van der Waals surface area (Å²) in [6.45, 7) is 8.83. The fourth-order valence-corrected chi connectivity index (χ4v) is 2.73. The number of halogens is 2. The maximum absolute atomic E-state index is 12.4. The Bertz CT molecular complexity index is 549. The second-order valence-corrected chi connectivity index (χ2v) is 7.57. The minimum atomic E-state index is -0.468. The number of hydrogen-bond acceptors (Lipinski definition) is 3. The first kappa shape index (κ1) is 17.4. The van der Waals surface area contributed by atoms with Crippen LogP contribution in [0.5, 0.6) is 0 Å². The van der Waals surface area contributed by atoms with Crippen molar-refractivity contribution in [3.8, 4) is 0 Å². The Kier molecular flexibility index (Phi) is 5.25. The van der Waals surface area contributed by atoms with Crippen LogP contribution in [0.3, 0.4) is 0 Å². The van der Waals surface area contributed by atoms with Crippen LogP contribution in [0.25, 0.3) is 0 Å². The first-order valence-corrected chi connectivity index (χ1v) is 8.20. The number of carbonyl (C=O) groups excluding carboxylic acids is 1. The van der Waals surface area contributed by atoms with Gasteiger partial charge in [0, 0.05) is 31.9 Å². The molecule has 1 saturated heterocycles. The molecular formula is C16H23Cl2N3O. The highest BCUT2D eigenvalue weighted by Gasteiger charge is 2.32. The molecule has 0 spiro atoms. The second kappa shape index (κ2) is 6.65. The molecule has 122 valence electrons. The largest absolute Gasteiger partial charge is 0.368 e. The smallest absolute Gasteiger partial charge is 0.240 e. The first-order valence-electron chi connectivity index (χ1n) is 7.44. The van der Waals surface area contributed by atoms with Gasteiger partial charge in [0.25, 0.3) is 0 Å². The molecule has 1 aliphatic rings. The van der Waals surface area contributed by atoms with Crippen molar-refractivity contribution in [3.05, 3.63) is 28.2 Å². The van der Waals surface area contributed by atoms with Crippen LogP contribution in [0.4, 0.5) is 5.69 Å². The van der Waals surface area contributed by atoms with Crippen molar-refractivity contribution in [2.24, 2.45) is 11.1 Å². The molecule has 1 fully saturated rings. The van der Waals surface area contributed by atoms with E-state index in [2.05, 4.69) is 4.90 Å². The van der Waals surface area contributed by atoms with Gasteiger partial charge in [-0.05, 0) is 23.6 Å². The number of nitrogens with two attached hydrogens (primary N) is 1. The van der Waals surface area contributed by atoms with Gasteiger partial charge < -0.3 is 15.5 Å². The zero-order valence-corrected chi connectivity index (χ0v) is 14.8. The molecule has 1 heterocycles. The molecule has 1 aliphatic heterocycles. The predicted octanol–water partition coefficient (Wildman–Crippen LogP) is 3.02. The van der Waals surface area contributed by atoms with Crippen LogP contribution >= 0.6 is 23.2 Å². The number of nitrogens with zero attached hydrogens (tertiary/aromatic N) is 2. The van der Waals surface area contributed by atoms with E-state index in [1.54, 1.807) is 6.07 Å². The quantitative estimate of drug-likeness (QED) is 0.897. The summed E-state index contributed by atoms with van der Waals surface area (Å²) >= 11 is 12.0. The zero-order valence-electron chi connectivity index (χ0n) is 13.3. The van der Waals surface area contributed by atoms with E-state index in [-0.39, 0.29) is 11.3 Å². The third-order valence-corrected chi connectivity index (χ3v) is 4.80. The molecule has 1 atom stereocenters. The highest BCUT2D eigenvalue weighted by Crippen LogP contribution is 2.28. The third-order valence-electron chi connectivity index (χ3n) is 4.06. The number of hydrogen-bond donors (Lipinski definition) is 1. The van der Waals surface area contributed by atoms with E-state index >= 15 is 0 Å². The molecule has 2 rings (SSSR count). The van der Waals surface area contributed by atoms with Crippen LogP contribution in [0.2, 0.25) is 10.0 Å². The lowest BCUT2D eigenvalue weighted by atomic mass is 9.86. The summed E-state index contributed by atoms with van der Waals surface area (Å²) in [5, 5.41) is 1.10. The maximum atomic E-state index is 12.4. The number of benzene rings is 1. The van der Waals surface area contributed by atoms with Crippen molar-refractivity contribution in [1.82, 2.24) is 4.90 Å². The lowest BCUT2D eigenvalue weighted by molar-refractivity contribution is -0.135. The third kappa shape index (κ3) is 3.86. The van der Waals surface area contributed by atoms with Crippen LogP contribution in [0.1, 0.15) is 20.8 Å². The second-order valence-electron chi connectivity index (χ2n) is 6.75. The summed E-state index contributed by atoms with van der Waals surface area (Å²) in [7, 11) is 0. The van der Waals surface area contributed by atoms with Gasteiger partial charge in [0.1, 0.15) is 0 Å². The van der Waals surface area contributed by atoms with Crippen molar-refractivity contribution in [1.29, 1.82) is 0 Å². The standard InChI is InChI=1S/C16H23Cl2N3O/c1-16(2,3)14(19)15(22)21-8-6-20(7-9-21)11-4-5-12(17)13(18)10-11/h4-5,10,14H,6-9,19H2,1-3H3/t14-/m0/s1. The maximum Gasteiger partial charge on any atom is 0.240 e. The fourth-order valence-electron chi connectivity index (χ4n) is 2.43.